The molecule has 0 bridgehead atoms. The van der Waals surface area contributed by atoms with Gasteiger partial charge in [0.05, 0.1) is 18.0 Å². The third-order valence-electron chi connectivity index (χ3n) is 2.66. The lowest BCUT2D eigenvalue weighted by molar-refractivity contribution is -0.146. The number of methoxy groups -OCH3 is 1. The van der Waals surface area contributed by atoms with Crippen molar-refractivity contribution < 1.29 is 14.3 Å². The van der Waals surface area contributed by atoms with Gasteiger partial charge in [-0.1, -0.05) is 39.4 Å². The molecule has 1 amide bonds. The van der Waals surface area contributed by atoms with Crippen LogP contribution >= 0.6 is 12.2 Å². The minimum absolute atomic E-state index is 0.0602. The molecule has 2 unspecified atom stereocenters. The number of carbonyl (C=O) groups is 2. The molecule has 0 rings (SSSR count). The molecule has 0 spiro atoms. The molecule has 0 aliphatic rings. The van der Waals surface area contributed by atoms with Gasteiger partial charge in [0.2, 0.25) is 5.91 Å². The SMILES string of the molecule is CCCC(C(=O)NC(C(=O)OC)C(C)C)C(N)=S. The van der Waals surface area contributed by atoms with Crippen LogP contribution in [-0.4, -0.2) is 30.0 Å². The summed E-state index contributed by atoms with van der Waals surface area (Å²) in [6.07, 6.45) is 1.37. The standard InChI is InChI=1S/C12H22N2O3S/c1-5-6-8(10(13)18)11(15)14-9(7(2)3)12(16)17-4/h7-9H,5-6H2,1-4H3,(H2,13,18)(H,14,15). The van der Waals surface area contributed by atoms with Crippen LogP contribution in [0.1, 0.15) is 33.6 Å². The number of hydrogen-bond acceptors (Lipinski definition) is 4. The molecule has 0 heterocycles. The number of nitrogens with two attached hydrogens (primary N) is 1. The Bertz CT molecular complexity index is 318. The van der Waals surface area contributed by atoms with Crippen molar-refractivity contribution in [1.29, 1.82) is 0 Å². The molecule has 0 fully saturated rings. The van der Waals surface area contributed by atoms with Crippen LogP contribution in [0.2, 0.25) is 0 Å². The number of esters is 1. The summed E-state index contributed by atoms with van der Waals surface area (Å²) in [5, 5.41) is 2.65. The number of rotatable bonds is 7. The molecular weight excluding hydrogens is 252 g/mol. The second kappa shape index (κ2) is 8.02. The van der Waals surface area contributed by atoms with Crippen molar-refractivity contribution in [3.05, 3.63) is 0 Å². The van der Waals surface area contributed by atoms with E-state index in [0.29, 0.717) is 6.42 Å². The fourth-order valence-electron chi connectivity index (χ4n) is 1.57. The summed E-state index contributed by atoms with van der Waals surface area (Å²) < 4.78 is 4.66. The van der Waals surface area contributed by atoms with Crippen LogP contribution in [0.15, 0.2) is 0 Å². The maximum Gasteiger partial charge on any atom is 0.328 e. The summed E-state index contributed by atoms with van der Waals surface area (Å²) in [5.41, 5.74) is 5.54. The smallest absolute Gasteiger partial charge is 0.328 e. The van der Waals surface area contributed by atoms with Crippen LogP contribution in [0.4, 0.5) is 0 Å². The molecule has 3 N–H and O–H groups in total. The second-order valence-electron chi connectivity index (χ2n) is 4.50. The minimum atomic E-state index is -0.670. The van der Waals surface area contributed by atoms with Gasteiger partial charge in [0, 0.05) is 0 Å². The Hall–Kier alpha value is -1.17. The van der Waals surface area contributed by atoms with Crippen LogP contribution in [0.5, 0.6) is 0 Å². The third kappa shape index (κ3) is 5.00. The van der Waals surface area contributed by atoms with Crippen molar-refractivity contribution in [3.63, 3.8) is 0 Å². The van der Waals surface area contributed by atoms with Gasteiger partial charge in [0.1, 0.15) is 6.04 Å². The normalized spacial score (nSPS) is 13.8. The highest BCUT2D eigenvalue weighted by atomic mass is 32.1. The van der Waals surface area contributed by atoms with Crippen LogP contribution in [-0.2, 0) is 14.3 Å². The van der Waals surface area contributed by atoms with E-state index in [2.05, 4.69) is 10.1 Å². The van der Waals surface area contributed by atoms with Crippen molar-refractivity contribution in [3.8, 4) is 0 Å². The third-order valence-corrected chi connectivity index (χ3v) is 2.94. The van der Waals surface area contributed by atoms with Gasteiger partial charge in [0.15, 0.2) is 0 Å². The number of hydrogen-bond donors (Lipinski definition) is 2. The highest BCUT2D eigenvalue weighted by molar-refractivity contribution is 7.80. The molecule has 5 nitrogen and oxygen atoms in total. The lowest BCUT2D eigenvalue weighted by Gasteiger charge is -2.22. The fourth-order valence-corrected chi connectivity index (χ4v) is 1.79. The average Bonchev–Trinajstić information content (AvgIpc) is 2.30. The Morgan fingerprint density at radius 3 is 2.28 bits per heavy atom. The summed E-state index contributed by atoms with van der Waals surface area (Å²) in [6.45, 7) is 5.60. The highest BCUT2D eigenvalue weighted by Crippen LogP contribution is 2.10. The lowest BCUT2D eigenvalue weighted by Crippen LogP contribution is -2.49. The molecule has 0 aliphatic heterocycles. The zero-order valence-electron chi connectivity index (χ0n) is 11.4. The quantitative estimate of drug-likeness (QED) is 0.535. The maximum absolute atomic E-state index is 12.0. The Morgan fingerprint density at radius 1 is 1.39 bits per heavy atom. The van der Waals surface area contributed by atoms with Gasteiger partial charge in [-0.3, -0.25) is 4.79 Å². The monoisotopic (exact) mass is 274 g/mol. The average molecular weight is 274 g/mol. The van der Waals surface area contributed by atoms with Gasteiger partial charge in [-0.2, -0.15) is 0 Å². The molecule has 0 radical (unpaired) electrons. The van der Waals surface area contributed by atoms with Crippen LogP contribution in [0.3, 0.4) is 0 Å². The Morgan fingerprint density at radius 2 is 1.94 bits per heavy atom. The van der Waals surface area contributed by atoms with Crippen molar-refractivity contribution >= 4 is 29.1 Å². The van der Waals surface area contributed by atoms with Crippen molar-refractivity contribution in [1.82, 2.24) is 5.32 Å². The summed E-state index contributed by atoms with van der Waals surface area (Å²) in [5.74, 6) is -1.36. The first-order valence-electron chi connectivity index (χ1n) is 6.02. The van der Waals surface area contributed by atoms with Gasteiger partial charge in [0.25, 0.3) is 0 Å². The largest absolute Gasteiger partial charge is 0.467 e. The van der Waals surface area contributed by atoms with Gasteiger partial charge < -0.3 is 15.8 Å². The second-order valence-corrected chi connectivity index (χ2v) is 4.97. The molecule has 0 saturated heterocycles. The van der Waals surface area contributed by atoms with Gasteiger partial charge in [-0.15, -0.1) is 0 Å². The zero-order chi connectivity index (χ0) is 14.3. The first kappa shape index (κ1) is 16.8. The molecule has 0 saturated carbocycles. The van der Waals surface area contributed by atoms with E-state index >= 15 is 0 Å². The molecule has 0 aliphatic carbocycles. The van der Waals surface area contributed by atoms with Gasteiger partial charge >= 0.3 is 5.97 Å². The van der Waals surface area contributed by atoms with Crippen LogP contribution in [0, 0.1) is 11.8 Å². The zero-order valence-corrected chi connectivity index (χ0v) is 12.2. The maximum atomic E-state index is 12.0. The van der Waals surface area contributed by atoms with E-state index in [1.165, 1.54) is 7.11 Å². The molecule has 2 atom stereocenters. The van der Waals surface area contributed by atoms with E-state index in [1.54, 1.807) is 0 Å². The number of nitrogens with one attached hydrogen (secondary N) is 1. The number of amides is 1. The minimum Gasteiger partial charge on any atom is -0.467 e. The van der Waals surface area contributed by atoms with Crippen molar-refractivity contribution in [2.75, 3.05) is 7.11 Å². The van der Waals surface area contributed by atoms with Crippen molar-refractivity contribution in [2.24, 2.45) is 17.6 Å². The topological polar surface area (TPSA) is 81.4 Å². The fraction of sp³-hybridized carbons (Fsp3) is 0.750. The van der Waals surface area contributed by atoms with Crippen LogP contribution in [0.25, 0.3) is 0 Å². The highest BCUT2D eigenvalue weighted by Gasteiger charge is 2.29. The van der Waals surface area contributed by atoms with E-state index in [4.69, 9.17) is 18.0 Å². The van der Waals surface area contributed by atoms with E-state index in [-0.39, 0.29) is 16.8 Å². The molecule has 6 heteroatoms. The lowest BCUT2D eigenvalue weighted by atomic mass is 9.99. The number of carbonyl (C=O) groups excluding carboxylic acids is 2. The predicted molar refractivity (Wildman–Crippen MR) is 74.0 cm³/mol. The Kier molecular flexibility index (Phi) is 7.50. The van der Waals surface area contributed by atoms with Crippen LogP contribution < -0.4 is 11.1 Å². The van der Waals surface area contributed by atoms with E-state index in [0.717, 1.165) is 6.42 Å². The molecule has 18 heavy (non-hydrogen) atoms. The molecule has 0 aromatic heterocycles. The summed E-state index contributed by atoms with van der Waals surface area (Å²) in [4.78, 5) is 23.7. The van der Waals surface area contributed by atoms with E-state index < -0.39 is 17.9 Å². The Balaban J connectivity index is 4.76. The van der Waals surface area contributed by atoms with Gasteiger partial charge in [-0.25, -0.2) is 4.79 Å². The van der Waals surface area contributed by atoms with E-state index in [9.17, 15) is 9.59 Å². The number of thiocarbonyl (C=S) groups is 1. The predicted octanol–water partition coefficient (Wildman–Crippen LogP) is 1.00. The molecule has 0 aromatic carbocycles. The first-order valence-corrected chi connectivity index (χ1v) is 6.43. The van der Waals surface area contributed by atoms with Gasteiger partial charge in [-0.05, 0) is 12.3 Å². The first-order chi connectivity index (χ1) is 8.34. The molecular formula is C12H22N2O3S. The number of ether oxygens (including phenoxy) is 1. The Labute approximate surface area is 113 Å². The summed E-state index contributed by atoms with van der Waals surface area (Å²) in [6, 6.07) is -0.670. The molecule has 0 aromatic rings. The summed E-state index contributed by atoms with van der Waals surface area (Å²) in [7, 11) is 1.29. The van der Waals surface area contributed by atoms with Crippen molar-refractivity contribution in [2.45, 2.75) is 39.7 Å². The summed E-state index contributed by atoms with van der Waals surface area (Å²) >= 11 is 4.87. The van der Waals surface area contributed by atoms with E-state index in [1.807, 2.05) is 20.8 Å². The molecule has 104 valence electrons.